The lowest BCUT2D eigenvalue weighted by Gasteiger charge is -2.37. The minimum absolute atomic E-state index is 0.0588. The molecular weight excluding hydrogens is 340 g/mol. The van der Waals surface area contributed by atoms with Gasteiger partial charge in [0, 0.05) is 18.7 Å². The maximum atomic E-state index is 12.9. The number of anilines is 1. The first-order valence-corrected chi connectivity index (χ1v) is 10.0. The highest BCUT2D eigenvalue weighted by molar-refractivity contribution is 6.06. The highest BCUT2D eigenvalue weighted by atomic mass is 16.2. The molecule has 6 rings (SSSR count). The maximum absolute atomic E-state index is 12.9. The average Bonchev–Trinajstić information content (AvgIpc) is 3.46. The Kier molecular flexibility index (Phi) is 3.74. The summed E-state index contributed by atoms with van der Waals surface area (Å²) in [6.45, 7) is 2.22. The lowest BCUT2D eigenvalue weighted by molar-refractivity contribution is -0.140. The number of carbonyl (C=O) groups is 3. The molecule has 0 unspecified atom stereocenters. The zero-order chi connectivity index (χ0) is 18.7. The third kappa shape index (κ3) is 2.47. The Bertz CT molecular complexity index is 825. The molecule has 6 atom stereocenters. The van der Waals surface area contributed by atoms with E-state index in [9.17, 15) is 14.4 Å². The van der Waals surface area contributed by atoms with Gasteiger partial charge in [0.1, 0.15) is 0 Å². The van der Waals surface area contributed by atoms with E-state index in [2.05, 4.69) is 17.5 Å². The van der Waals surface area contributed by atoms with Crippen molar-refractivity contribution in [2.24, 2.45) is 35.5 Å². The third-order valence-corrected chi connectivity index (χ3v) is 6.99. The van der Waals surface area contributed by atoms with Crippen LogP contribution < -0.4 is 5.32 Å². The largest absolute Gasteiger partial charge is 0.326 e. The zero-order valence-corrected chi connectivity index (χ0v) is 15.4. The lowest BCUT2D eigenvalue weighted by atomic mass is 9.63. The van der Waals surface area contributed by atoms with Crippen LogP contribution in [0.4, 0.5) is 5.69 Å². The fourth-order valence-electron chi connectivity index (χ4n) is 5.62. The molecule has 2 saturated carbocycles. The summed E-state index contributed by atoms with van der Waals surface area (Å²) in [6.07, 6.45) is 6.48. The van der Waals surface area contributed by atoms with Crippen LogP contribution >= 0.6 is 0 Å². The summed E-state index contributed by atoms with van der Waals surface area (Å²) < 4.78 is 0. The van der Waals surface area contributed by atoms with Crippen molar-refractivity contribution >= 4 is 23.4 Å². The second kappa shape index (κ2) is 6.04. The van der Waals surface area contributed by atoms with Crippen molar-refractivity contribution in [2.45, 2.75) is 26.2 Å². The average molecular weight is 364 g/mol. The third-order valence-electron chi connectivity index (χ3n) is 6.99. The number of nitrogens with zero attached hydrogens (tertiary/aromatic N) is 1. The van der Waals surface area contributed by atoms with Crippen LogP contribution in [0, 0.1) is 35.5 Å². The predicted octanol–water partition coefficient (Wildman–Crippen LogP) is 2.63. The molecule has 2 bridgehead atoms. The van der Waals surface area contributed by atoms with Crippen molar-refractivity contribution < 1.29 is 14.4 Å². The van der Waals surface area contributed by atoms with Crippen molar-refractivity contribution in [1.29, 1.82) is 0 Å². The van der Waals surface area contributed by atoms with E-state index in [0.717, 1.165) is 24.1 Å². The van der Waals surface area contributed by atoms with Crippen LogP contribution in [-0.2, 0) is 20.8 Å². The number of carbonyl (C=O) groups excluding carboxylic acids is 3. The van der Waals surface area contributed by atoms with Gasteiger partial charge in [0.15, 0.2) is 0 Å². The minimum Gasteiger partial charge on any atom is -0.326 e. The zero-order valence-electron chi connectivity index (χ0n) is 15.4. The molecule has 0 radical (unpaired) electrons. The minimum atomic E-state index is -0.180. The quantitative estimate of drug-likeness (QED) is 0.645. The number of benzene rings is 1. The number of amides is 3. The summed E-state index contributed by atoms with van der Waals surface area (Å²) >= 11 is 0. The van der Waals surface area contributed by atoms with E-state index < -0.39 is 0 Å². The molecule has 4 aliphatic carbocycles. The molecule has 27 heavy (non-hydrogen) atoms. The molecule has 0 spiro atoms. The van der Waals surface area contributed by atoms with E-state index in [4.69, 9.17) is 0 Å². The molecule has 1 aliphatic heterocycles. The van der Waals surface area contributed by atoms with Crippen LogP contribution in [0.15, 0.2) is 36.4 Å². The van der Waals surface area contributed by atoms with Crippen LogP contribution in [0.25, 0.3) is 0 Å². The van der Waals surface area contributed by atoms with Gasteiger partial charge in [-0.25, -0.2) is 0 Å². The summed E-state index contributed by atoms with van der Waals surface area (Å²) in [7, 11) is 0. The molecule has 0 aromatic heterocycles. The van der Waals surface area contributed by atoms with Crippen molar-refractivity contribution in [2.75, 3.05) is 11.9 Å². The fraction of sp³-hybridized carbons (Fsp3) is 0.500. The molecule has 1 aromatic carbocycles. The fourth-order valence-corrected chi connectivity index (χ4v) is 5.62. The maximum Gasteiger partial charge on any atom is 0.233 e. The Morgan fingerprint density at radius 2 is 1.70 bits per heavy atom. The van der Waals surface area contributed by atoms with Gasteiger partial charge in [0.25, 0.3) is 0 Å². The van der Waals surface area contributed by atoms with Gasteiger partial charge in [0.05, 0.1) is 11.8 Å². The summed E-state index contributed by atoms with van der Waals surface area (Å²) in [5.74, 6) is 1.04. The van der Waals surface area contributed by atoms with Crippen LogP contribution in [0.5, 0.6) is 0 Å². The van der Waals surface area contributed by atoms with Crippen molar-refractivity contribution in [1.82, 2.24) is 4.90 Å². The second-order valence-corrected chi connectivity index (χ2v) is 8.29. The normalized spacial score (nSPS) is 35.2. The molecular formula is C22H24N2O3. The van der Waals surface area contributed by atoms with Gasteiger partial charge in [-0.1, -0.05) is 37.3 Å². The van der Waals surface area contributed by atoms with Crippen molar-refractivity contribution in [3.63, 3.8) is 0 Å². The lowest BCUT2D eigenvalue weighted by Crippen LogP contribution is -2.40. The molecule has 3 amide bonds. The van der Waals surface area contributed by atoms with Gasteiger partial charge in [-0.15, -0.1) is 0 Å². The number of hydrogen-bond acceptors (Lipinski definition) is 3. The van der Waals surface area contributed by atoms with E-state index in [1.807, 2.05) is 31.2 Å². The highest BCUT2D eigenvalue weighted by Gasteiger charge is 2.66. The topological polar surface area (TPSA) is 66.5 Å². The number of allylic oxidation sites excluding steroid dienone is 2. The standard InChI is InChI=1S/C22H24N2O3/c1-2-12-5-3-4-6-17(12)23-18(25)9-10-24-21(26)19-13-7-8-14(16-11-15(13)16)20(19)22(24)27/h3-8,13-16,19-20H,2,9-11H2,1H3,(H,23,25)/t13-,14-,15-,16+,19+,20+/m1/s1. The molecule has 140 valence electrons. The van der Waals surface area contributed by atoms with Gasteiger partial charge in [-0.05, 0) is 48.1 Å². The number of para-hydroxylation sites is 1. The van der Waals surface area contributed by atoms with E-state index in [1.165, 1.54) is 4.90 Å². The van der Waals surface area contributed by atoms with Crippen molar-refractivity contribution in [3.8, 4) is 0 Å². The van der Waals surface area contributed by atoms with Crippen LogP contribution in [0.2, 0.25) is 0 Å². The van der Waals surface area contributed by atoms with E-state index in [-0.39, 0.29) is 54.4 Å². The number of rotatable bonds is 5. The van der Waals surface area contributed by atoms with Gasteiger partial charge < -0.3 is 5.32 Å². The number of likely N-dealkylation sites (tertiary alicyclic amines) is 1. The van der Waals surface area contributed by atoms with Gasteiger partial charge in [-0.3, -0.25) is 19.3 Å². The number of hydrogen-bond donors (Lipinski definition) is 1. The van der Waals surface area contributed by atoms with Gasteiger partial charge >= 0.3 is 0 Å². The molecule has 1 saturated heterocycles. The van der Waals surface area contributed by atoms with Crippen molar-refractivity contribution in [3.05, 3.63) is 42.0 Å². The molecule has 5 aliphatic rings. The van der Waals surface area contributed by atoms with Crippen LogP contribution in [0.1, 0.15) is 25.3 Å². The summed E-state index contributed by atoms with van der Waals surface area (Å²) in [5, 5.41) is 2.92. The first-order valence-electron chi connectivity index (χ1n) is 10.0. The first-order chi connectivity index (χ1) is 13.1. The summed E-state index contributed by atoms with van der Waals surface area (Å²) in [6, 6.07) is 7.71. The number of nitrogens with one attached hydrogen (secondary N) is 1. The highest BCUT2D eigenvalue weighted by Crippen LogP contribution is 2.65. The number of imide groups is 1. The van der Waals surface area contributed by atoms with E-state index >= 15 is 0 Å². The van der Waals surface area contributed by atoms with Gasteiger partial charge in [0.2, 0.25) is 17.7 Å². The Morgan fingerprint density at radius 3 is 2.33 bits per heavy atom. The molecule has 5 heteroatoms. The van der Waals surface area contributed by atoms with Crippen LogP contribution in [-0.4, -0.2) is 29.2 Å². The summed E-state index contributed by atoms with van der Waals surface area (Å²) in [4.78, 5) is 39.6. The Labute approximate surface area is 158 Å². The summed E-state index contributed by atoms with van der Waals surface area (Å²) in [5.41, 5.74) is 1.88. The van der Waals surface area contributed by atoms with Crippen LogP contribution in [0.3, 0.4) is 0 Å². The first kappa shape index (κ1) is 16.7. The Morgan fingerprint density at radius 1 is 1.07 bits per heavy atom. The smallest absolute Gasteiger partial charge is 0.233 e. The Balaban J connectivity index is 1.25. The van der Waals surface area contributed by atoms with E-state index in [1.54, 1.807) is 0 Å². The number of aryl methyl sites for hydroxylation is 1. The molecule has 1 N–H and O–H groups in total. The second-order valence-electron chi connectivity index (χ2n) is 8.29. The van der Waals surface area contributed by atoms with E-state index in [0.29, 0.717) is 11.8 Å². The monoisotopic (exact) mass is 364 g/mol. The predicted molar refractivity (Wildman–Crippen MR) is 100 cm³/mol. The molecule has 1 heterocycles. The van der Waals surface area contributed by atoms with Gasteiger partial charge in [-0.2, -0.15) is 0 Å². The molecule has 1 aromatic rings. The molecule has 5 nitrogen and oxygen atoms in total. The Hall–Kier alpha value is -2.43. The molecule has 3 fully saturated rings. The SMILES string of the molecule is CCc1ccccc1NC(=O)CCN1C(=O)[C@H]2[C@@H]3C=C[C@H]([C@@H]4C[C@H]34)[C@@H]2C1=O.